The molecule has 2 saturated carbocycles. The number of nitrogens with zero attached hydrogens (tertiary/aromatic N) is 2. The molecular weight excluding hydrogens is 236 g/mol. The van der Waals surface area contributed by atoms with Crippen LogP contribution in [0.3, 0.4) is 0 Å². The van der Waals surface area contributed by atoms with E-state index in [0.29, 0.717) is 18.6 Å². The maximum absolute atomic E-state index is 9.16. The minimum absolute atomic E-state index is 0.176. The van der Waals surface area contributed by atoms with E-state index in [-0.39, 0.29) is 5.60 Å². The summed E-state index contributed by atoms with van der Waals surface area (Å²) in [6.07, 6.45) is 12.7. The molecule has 0 aromatic rings. The summed E-state index contributed by atoms with van der Waals surface area (Å²) < 4.78 is 6.14. The molecule has 1 saturated heterocycles. The summed E-state index contributed by atoms with van der Waals surface area (Å²) in [4.78, 5) is 2.52. The van der Waals surface area contributed by atoms with Crippen LogP contribution < -0.4 is 0 Å². The van der Waals surface area contributed by atoms with Gasteiger partial charge < -0.3 is 4.74 Å². The molecule has 3 fully saturated rings. The molecule has 0 aromatic heterocycles. The highest BCUT2D eigenvalue weighted by Crippen LogP contribution is 2.42. The highest BCUT2D eigenvalue weighted by Gasteiger charge is 2.42. The van der Waals surface area contributed by atoms with Gasteiger partial charge in [-0.2, -0.15) is 5.26 Å². The van der Waals surface area contributed by atoms with Crippen LogP contribution in [0, 0.1) is 11.3 Å². The SMILES string of the molecule is N#CCN(C1CCCC1)C1CCOC2(CCCC2)C1. The number of ether oxygens (including phenoxy) is 1. The topological polar surface area (TPSA) is 36.3 Å². The Bertz CT molecular complexity index is 337. The number of hydrogen-bond acceptors (Lipinski definition) is 3. The monoisotopic (exact) mass is 262 g/mol. The Labute approximate surface area is 116 Å². The van der Waals surface area contributed by atoms with Gasteiger partial charge in [0.1, 0.15) is 0 Å². The molecule has 1 heterocycles. The van der Waals surface area contributed by atoms with Crippen molar-refractivity contribution in [2.45, 2.75) is 81.9 Å². The molecule has 1 spiro atoms. The summed E-state index contributed by atoms with van der Waals surface area (Å²) >= 11 is 0. The zero-order valence-electron chi connectivity index (χ0n) is 11.9. The molecule has 19 heavy (non-hydrogen) atoms. The van der Waals surface area contributed by atoms with Crippen molar-refractivity contribution in [1.82, 2.24) is 4.90 Å². The zero-order chi connectivity index (χ0) is 13.1. The van der Waals surface area contributed by atoms with Crippen LogP contribution in [0.5, 0.6) is 0 Å². The summed E-state index contributed by atoms with van der Waals surface area (Å²) in [5.74, 6) is 0. The highest BCUT2D eigenvalue weighted by atomic mass is 16.5. The third kappa shape index (κ3) is 2.80. The van der Waals surface area contributed by atoms with Crippen LogP contribution in [0.4, 0.5) is 0 Å². The number of hydrogen-bond donors (Lipinski definition) is 0. The lowest BCUT2D eigenvalue weighted by Gasteiger charge is -2.44. The van der Waals surface area contributed by atoms with E-state index in [1.54, 1.807) is 0 Å². The van der Waals surface area contributed by atoms with Crippen molar-refractivity contribution in [3.63, 3.8) is 0 Å². The molecule has 0 aromatic carbocycles. The van der Waals surface area contributed by atoms with Gasteiger partial charge in [-0.05, 0) is 38.5 Å². The molecule has 3 heteroatoms. The summed E-state index contributed by atoms with van der Waals surface area (Å²) in [6.45, 7) is 1.52. The van der Waals surface area contributed by atoms with E-state index in [4.69, 9.17) is 10.00 Å². The van der Waals surface area contributed by atoms with E-state index in [0.717, 1.165) is 13.0 Å². The van der Waals surface area contributed by atoms with Crippen molar-refractivity contribution < 1.29 is 4.74 Å². The Kier molecular flexibility index (Phi) is 4.10. The van der Waals surface area contributed by atoms with Crippen molar-refractivity contribution in [2.24, 2.45) is 0 Å². The fourth-order valence-electron chi connectivity index (χ4n) is 4.53. The Morgan fingerprint density at radius 1 is 1.05 bits per heavy atom. The van der Waals surface area contributed by atoms with Gasteiger partial charge in [0, 0.05) is 18.7 Å². The van der Waals surface area contributed by atoms with Gasteiger partial charge in [0.2, 0.25) is 0 Å². The van der Waals surface area contributed by atoms with Gasteiger partial charge >= 0.3 is 0 Å². The largest absolute Gasteiger partial charge is 0.375 e. The quantitative estimate of drug-likeness (QED) is 0.733. The number of nitriles is 1. The van der Waals surface area contributed by atoms with Crippen molar-refractivity contribution >= 4 is 0 Å². The summed E-state index contributed by atoms with van der Waals surface area (Å²) in [6, 6.07) is 3.67. The molecule has 3 aliphatic rings. The first-order chi connectivity index (χ1) is 9.33. The second-order valence-corrected chi connectivity index (χ2v) is 6.65. The maximum Gasteiger partial charge on any atom is 0.0870 e. The average molecular weight is 262 g/mol. The lowest BCUT2D eigenvalue weighted by molar-refractivity contribution is -0.105. The molecule has 2 aliphatic carbocycles. The standard InChI is InChI=1S/C16H26N2O/c17-10-11-18(14-5-1-2-6-14)15-7-12-19-16(13-15)8-3-4-9-16/h14-15H,1-9,11-13H2. The second-order valence-electron chi connectivity index (χ2n) is 6.65. The van der Waals surface area contributed by atoms with E-state index >= 15 is 0 Å². The van der Waals surface area contributed by atoms with E-state index in [1.807, 2.05) is 0 Å². The molecule has 1 unspecified atom stereocenters. The van der Waals surface area contributed by atoms with Crippen molar-refractivity contribution in [3.8, 4) is 6.07 Å². The lowest BCUT2D eigenvalue weighted by atomic mass is 9.87. The zero-order valence-corrected chi connectivity index (χ0v) is 11.9. The molecular formula is C16H26N2O. The summed E-state index contributed by atoms with van der Waals surface area (Å²) in [5, 5.41) is 9.16. The highest BCUT2D eigenvalue weighted by molar-refractivity contribution is 4.97. The fraction of sp³-hybridized carbons (Fsp3) is 0.938. The Morgan fingerprint density at radius 3 is 2.47 bits per heavy atom. The summed E-state index contributed by atoms with van der Waals surface area (Å²) in [5.41, 5.74) is 0.176. The normalized spacial score (nSPS) is 31.1. The van der Waals surface area contributed by atoms with Crippen molar-refractivity contribution in [1.29, 1.82) is 5.26 Å². The van der Waals surface area contributed by atoms with Gasteiger partial charge in [0.15, 0.2) is 0 Å². The van der Waals surface area contributed by atoms with E-state index < -0.39 is 0 Å². The first-order valence-corrected chi connectivity index (χ1v) is 8.10. The second kappa shape index (κ2) is 5.81. The smallest absolute Gasteiger partial charge is 0.0870 e. The predicted molar refractivity (Wildman–Crippen MR) is 74.7 cm³/mol. The van der Waals surface area contributed by atoms with Crippen molar-refractivity contribution in [2.75, 3.05) is 13.2 Å². The molecule has 0 amide bonds. The van der Waals surface area contributed by atoms with Crippen LogP contribution in [-0.2, 0) is 4.74 Å². The minimum atomic E-state index is 0.176. The molecule has 0 bridgehead atoms. The molecule has 1 atom stereocenters. The predicted octanol–water partition coefficient (Wildman–Crippen LogP) is 3.25. The molecule has 0 N–H and O–H groups in total. The Balaban J connectivity index is 1.69. The van der Waals surface area contributed by atoms with Gasteiger partial charge in [0.05, 0.1) is 18.2 Å². The van der Waals surface area contributed by atoms with Crippen LogP contribution in [0.2, 0.25) is 0 Å². The van der Waals surface area contributed by atoms with Crippen LogP contribution in [0.15, 0.2) is 0 Å². The fourth-order valence-corrected chi connectivity index (χ4v) is 4.53. The Hall–Kier alpha value is -0.590. The number of rotatable bonds is 3. The maximum atomic E-state index is 9.16. The molecule has 3 rings (SSSR count). The summed E-state index contributed by atoms with van der Waals surface area (Å²) in [7, 11) is 0. The molecule has 1 aliphatic heterocycles. The van der Waals surface area contributed by atoms with Gasteiger partial charge in [-0.3, -0.25) is 4.90 Å². The minimum Gasteiger partial charge on any atom is -0.375 e. The lowest BCUT2D eigenvalue weighted by Crippen LogP contribution is -2.50. The van der Waals surface area contributed by atoms with Gasteiger partial charge in [-0.1, -0.05) is 25.7 Å². The van der Waals surface area contributed by atoms with E-state index in [2.05, 4.69) is 11.0 Å². The van der Waals surface area contributed by atoms with Crippen molar-refractivity contribution in [3.05, 3.63) is 0 Å². The van der Waals surface area contributed by atoms with Crippen LogP contribution in [0.25, 0.3) is 0 Å². The Morgan fingerprint density at radius 2 is 1.79 bits per heavy atom. The van der Waals surface area contributed by atoms with Crippen LogP contribution >= 0.6 is 0 Å². The first-order valence-electron chi connectivity index (χ1n) is 8.10. The van der Waals surface area contributed by atoms with Gasteiger partial charge in [-0.15, -0.1) is 0 Å². The molecule has 3 nitrogen and oxygen atoms in total. The van der Waals surface area contributed by atoms with Crippen LogP contribution in [-0.4, -0.2) is 35.7 Å². The van der Waals surface area contributed by atoms with Crippen LogP contribution in [0.1, 0.15) is 64.2 Å². The molecule has 106 valence electrons. The third-order valence-corrected chi connectivity index (χ3v) is 5.50. The van der Waals surface area contributed by atoms with E-state index in [1.165, 1.54) is 57.8 Å². The van der Waals surface area contributed by atoms with Gasteiger partial charge in [-0.25, -0.2) is 0 Å². The average Bonchev–Trinajstić information content (AvgIpc) is 3.08. The molecule has 0 radical (unpaired) electrons. The first kappa shape index (κ1) is 13.4. The van der Waals surface area contributed by atoms with Gasteiger partial charge in [0.25, 0.3) is 0 Å². The third-order valence-electron chi connectivity index (χ3n) is 5.50. The van der Waals surface area contributed by atoms with E-state index in [9.17, 15) is 0 Å².